The minimum absolute atomic E-state index is 0.143. The minimum Gasteiger partial charge on any atom is -0.497 e. The van der Waals surface area contributed by atoms with Crippen LogP contribution >= 0.6 is 0 Å². The highest BCUT2D eigenvalue weighted by Crippen LogP contribution is 2.38. The quantitative estimate of drug-likeness (QED) is 0.894. The van der Waals surface area contributed by atoms with Crippen LogP contribution in [0.3, 0.4) is 0 Å². The lowest BCUT2D eigenvalue weighted by atomic mass is 9.76. The smallest absolute Gasteiger partial charge is 0.119 e. The molecular weight excluding hydrogens is 282 g/mol. The molecule has 1 unspecified atom stereocenters. The van der Waals surface area contributed by atoms with E-state index in [2.05, 4.69) is 68.6 Å². The second-order valence-corrected chi connectivity index (χ2v) is 7.30. The Labute approximate surface area is 139 Å². The van der Waals surface area contributed by atoms with Gasteiger partial charge in [-0.3, -0.25) is 0 Å². The highest BCUT2D eigenvalue weighted by molar-refractivity contribution is 5.44. The van der Waals surface area contributed by atoms with Crippen molar-refractivity contribution >= 4 is 0 Å². The molecule has 0 amide bonds. The largest absolute Gasteiger partial charge is 0.497 e. The van der Waals surface area contributed by atoms with Crippen LogP contribution in [0.15, 0.2) is 42.5 Å². The minimum atomic E-state index is 0.143. The number of nitrogens with one attached hydrogen (secondary N) is 1. The molecule has 0 aliphatic carbocycles. The number of benzene rings is 2. The zero-order valence-corrected chi connectivity index (χ0v) is 14.6. The number of methoxy groups -OCH3 is 1. The first-order valence-corrected chi connectivity index (χ1v) is 8.47. The normalized spacial score (nSPS) is 19.2. The highest BCUT2D eigenvalue weighted by atomic mass is 16.5. The SMILES string of the molecule is COc1ccc2c(c1)C(C)(C)CNC2CCc1cccc(C)c1. The molecule has 0 radical (unpaired) electrons. The van der Waals surface area contributed by atoms with Gasteiger partial charge in [0.15, 0.2) is 0 Å². The van der Waals surface area contributed by atoms with E-state index >= 15 is 0 Å². The first-order chi connectivity index (χ1) is 11.0. The van der Waals surface area contributed by atoms with Gasteiger partial charge in [0.05, 0.1) is 7.11 Å². The lowest BCUT2D eigenvalue weighted by Gasteiger charge is -2.38. The Morgan fingerprint density at radius 1 is 1.17 bits per heavy atom. The molecule has 0 bridgehead atoms. The van der Waals surface area contributed by atoms with Crippen LogP contribution in [0, 0.1) is 6.92 Å². The summed E-state index contributed by atoms with van der Waals surface area (Å²) in [4.78, 5) is 0. The predicted molar refractivity (Wildman–Crippen MR) is 96.3 cm³/mol. The van der Waals surface area contributed by atoms with Gasteiger partial charge in [-0.05, 0) is 48.6 Å². The summed E-state index contributed by atoms with van der Waals surface area (Å²) in [6.07, 6.45) is 2.23. The molecule has 23 heavy (non-hydrogen) atoms. The van der Waals surface area contributed by atoms with Gasteiger partial charge in [-0.25, -0.2) is 0 Å². The number of hydrogen-bond acceptors (Lipinski definition) is 2. The fourth-order valence-corrected chi connectivity index (χ4v) is 3.57. The van der Waals surface area contributed by atoms with Gasteiger partial charge in [0.25, 0.3) is 0 Å². The zero-order valence-electron chi connectivity index (χ0n) is 14.6. The van der Waals surface area contributed by atoms with Crippen LogP contribution in [-0.2, 0) is 11.8 Å². The average molecular weight is 309 g/mol. The van der Waals surface area contributed by atoms with Crippen LogP contribution in [0.4, 0.5) is 0 Å². The van der Waals surface area contributed by atoms with E-state index in [0.717, 1.165) is 25.1 Å². The summed E-state index contributed by atoms with van der Waals surface area (Å²) >= 11 is 0. The molecule has 3 rings (SSSR count). The maximum atomic E-state index is 5.43. The van der Waals surface area contributed by atoms with E-state index in [1.807, 2.05) is 0 Å². The molecule has 0 saturated carbocycles. The fraction of sp³-hybridized carbons (Fsp3) is 0.429. The number of hydrogen-bond donors (Lipinski definition) is 1. The van der Waals surface area contributed by atoms with Crippen molar-refractivity contribution in [2.75, 3.05) is 13.7 Å². The Balaban J connectivity index is 1.82. The molecule has 0 spiro atoms. The molecule has 1 aliphatic heterocycles. The molecule has 2 aromatic carbocycles. The van der Waals surface area contributed by atoms with Crippen LogP contribution in [0.1, 0.15) is 48.6 Å². The third-order valence-corrected chi connectivity index (χ3v) is 4.96. The van der Waals surface area contributed by atoms with Crippen LogP contribution in [0.5, 0.6) is 5.75 Å². The second kappa shape index (κ2) is 6.37. The molecule has 0 fully saturated rings. The van der Waals surface area contributed by atoms with E-state index in [4.69, 9.17) is 4.74 Å². The molecule has 1 aliphatic rings. The Morgan fingerprint density at radius 3 is 2.74 bits per heavy atom. The van der Waals surface area contributed by atoms with Gasteiger partial charge in [-0.15, -0.1) is 0 Å². The highest BCUT2D eigenvalue weighted by Gasteiger charge is 2.32. The summed E-state index contributed by atoms with van der Waals surface area (Å²) in [7, 11) is 1.74. The van der Waals surface area contributed by atoms with Gasteiger partial charge >= 0.3 is 0 Å². The molecule has 0 aromatic heterocycles. The van der Waals surface area contributed by atoms with Crippen LogP contribution in [0.25, 0.3) is 0 Å². The number of aryl methyl sites for hydroxylation is 2. The van der Waals surface area contributed by atoms with E-state index in [1.165, 1.54) is 22.3 Å². The van der Waals surface area contributed by atoms with Gasteiger partial charge < -0.3 is 10.1 Å². The maximum Gasteiger partial charge on any atom is 0.119 e. The lowest BCUT2D eigenvalue weighted by molar-refractivity contribution is 0.363. The predicted octanol–water partition coefficient (Wildman–Crippen LogP) is 4.56. The molecule has 0 saturated heterocycles. The maximum absolute atomic E-state index is 5.43. The van der Waals surface area contributed by atoms with E-state index in [-0.39, 0.29) is 5.41 Å². The zero-order chi connectivity index (χ0) is 16.4. The third kappa shape index (κ3) is 3.42. The van der Waals surface area contributed by atoms with Gasteiger partial charge in [-0.1, -0.05) is 49.7 Å². The van der Waals surface area contributed by atoms with Gasteiger partial charge in [0, 0.05) is 18.0 Å². The van der Waals surface area contributed by atoms with Crippen molar-refractivity contribution in [1.29, 1.82) is 0 Å². The van der Waals surface area contributed by atoms with Crippen molar-refractivity contribution in [2.45, 2.75) is 45.1 Å². The van der Waals surface area contributed by atoms with Crippen molar-refractivity contribution in [3.63, 3.8) is 0 Å². The van der Waals surface area contributed by atoms with Crippen molar-refractivity contribution in [3.05, 3.63) is 64.7 Å². The van der Waals surface area contributed by atoms with Crippen LogP contribution in [0.2, 0.25) is 0 Å². The number of ether oxygens (including phenoxy) is 1. The van der Waals surface area contributed by atoms with E-state index in [0.29, 0.717) is 6.04 Å². The molecule has 2 nitrogen and oxygen atoms in total. The summed E-state index contributed by atoms with van der Waals surface area (Å²) in [5, 5.41) is 3.75. The number of fused-ring (bicyclic) bond motifs is 1. The van der Waals surface area contributed by atoms with Gasteiger partial charge in [-0.2, -0.15) is 0 Å². The Morgan fingerprint density at radius 2 is 2.00 bits per heavy atom. The summed E-state index contributed by atoms with van der Waals surface area (Å²) in [6.45, 7) is 7.77. The Bertz CT molecular complexity index is 690. The van der Waals surface area contributed by atoms with Crippen LogP contribution in [-0.4, -0.2) is 13.7 Å². The summed E-state index contributed by atoms with van der Waals surface area (Å²) in [6, 6.07) is 15.8. The first kappa shape index (κ1) is 16.1. The van der Waals surface area contributed by atoms with Crippen LogP contribution < -0.4 is 10.1 Å². The molecule has 2 aromatic rings. The molecule has 1 atom stereocenters. The summed E-state index contributed by atoms with van der Waals surface area (Å²) < 4.78 is 5.43. The molecular formula is C21H27NO. The van der Waals surface area contributed by atoms with E-state index < -0.39 is 0 Å². The van der Waals surface area contributed by atoms with E-state index in [9.17, 15) is 0 Å². The van der Waals surface area contributed by atoms with E-state index in [1.54, 1.807) is 7.11 Å². The average Bonchev–Trinajstić information content (AvgIpc) is 2.54. The van der Waals surface area contributed by atoms with Crippen molar-refractivity contribution in [1.82, 2.24) is 5.32 Å². The van der Waals surface area contributed by atoms with Crippen molar-refractivity contribution in [3.8, 4) is 5.75 Å². The van der Waals surface area contributed by atoms with Gasteiger partial charge in [0.1, 0.15) is 5.75 Å². The molecule has 1 N–H and O–H groups in total. The molecule has 1 heterocycles. The van der Waals surface area contributed by atoms with Gasteiger partial charge in [0.2, 0.25) is 0 Å². The summed E-state index contributed by atoms with van der Waals surface area (Å²) in [5.41, 5.74) is 5.75. The molecule has 2 heteroatoms. The third-order valence-electron chi connectivity index (χ3n) is 4.96. The fourth-order valence-electron chi connectivity index (χ4n) is 3.57. The Kier molecular flexibility index (Phi) is 4.45. The Hall–Kier alpha value is -1.80. The van der Waals surface area contributed by atoms with Crippen molar-refractivity contribution < 1.29 is 4.74 Å². The number of rotatable bonds is 4. The second-order valence-electron chi connectivity index (χ2n) is 7.30. The molecule has 122 valence electrons. The topological polar surface area (TPSA) is 21.3 Å². The monoisotopic (exact) mass is 309 g/mol. The lowest BCUT2D eigenvalue weighted by Crippen LogP contribution is -2.41. The standard InChI is InChI=1S/C21H27NO/c1-15-6-5-7-16(12-15)8-11-20-18-10-9-17(23-4)13-19(18)21(2,3)14-22-20/h5-7,9-10,12-13,20,22H,8,11,14H2,1-4H3. The first-order valence-electron chi connectivity index (χ1n) is 8.47. The summed E-state index contributed by atoms with van der Waals surface area (Å²) in [5.74, 6) is 0.955. The van der Waals surface area contributed by atoms with Crippen molar-refractivity contribution in [2.24, 2.45) is 0 Å².